The molecule has 0 N–H and O–H groups in total. The molecule has 1 amide bonds. The van der Waals surface area contributed by atoms with Crippen molar-refractivity contribution in [2.45, 2.75) is 19.8 Å². The molecule has 0 atom stereocenters. The van der Waals surface area contributed by atoms with E-state index in [1.54, 1.807) is 14.2 Å². The molecule has 2 heterocycles. The predicted octanol–water partition coefficient (Wildman–Crippen LogP) is 3.71. The molecule has 3 aromatic rings. The van der Waals surface area contributed by atoms with Gasteiger partial charge in [0.1, 0.15) is 17.3 Å². The Labute approximate surface area is 176 Å². The normalized spacial score (nSPS) is 13.4. The van der Waals surface area contributed by atoms with Crippen LogP contribution in [0.2, 0.25) is 0 Å². The molecule has 0 bridgehead atoms. The van der Waals surface area contributed by atoms with Crippen LogP contribution in [0.15, 0.2) is 48.5 Å². The van der Waals surface area contributed by atoms with E-state index in [-0.39, 0.29) is 5.91 Å². The van der Waals surface area contributed by atoms with E-state index in [2.05, 4.69) is 0 Å². The fourth-order valence-corrected chi connectivity index (χ4v) is 3.91. The van der Waals surface area contributed by atoms with E-state index in [9.17, 15) is 4.79 Å². The second-order valence-corrected chi connectivity index (χ2v) is 7.27. The fourth-order valence-electron chi connectivity index (χ4n) is 3.91. The molecule has 6 nitrogen and oxygen atoms in total. The number of carbonyl (C=O) groups excluding carboxylic acids is 1. The van der Waals surface area contributed by atoms with Crippen molar-refractivity contribution >= 4 is 5.91 Å². The highest BCUT2D eigenvalue weighted by Gasteiger charge is 2.25. The van der Waals surface area contributed by atoms with Crippen molar-refractivity contribution in [1.82, 2.24) is 14.9 Å². The zero-order valence-electron chi connectivity index (χ0n) is 17.5. The summed E-state index contributed by atoms with van der Waals surface area (Å²) in [6.45, 7) is 3.14. The van der Waals surface area contributed by atoms with Crippen molar-refractivity contribution < 1.29 is 14.3 Å². The van der Waals surface area contributed by atoms with Gasteiger partial charge >= 0.3 is 0 Å². The maximum absolute atomic E-state index is 13.2. The van der Waals surface area contributed by atoms with Gasteiger partial charge in [0.2, 0.25) is 0 Å². The number of hydrogen-bond donors (Lipinski definition) is 0. The molecule has 154 valence electrons. The van der Waals surface area contributed by atoms with Crippen LogP contribution in [0.4, 0.5) is 0 Å². The molecule has 0 radical (unpaired) electrons. The molecule has 6 heteroatoms. The van der Waals surface area contributed by atoms with Gasteiger partial charge in [-0.3, -0.25) is 4.79 Å². The number of aromatic nitrogens is 2. The van der Waals surface area contributed by atoms with Gasteiger partial charge in [-0.1, -0.05) is 12.1 Å². The Morgan fingerprint density at radius 2 is 1.67 bits per heavy atom. The van der Waals surface area contributed by atoms with Crippen LogP contribution in [0, 0.1) is 6.92 Å². The van der Waals surface area contributed by atoms with Crippen molar-refractivity contribution in [2.24, 2.45) is 0 Å². The van der Waals surface area contributed by atoms with Gasteiger partial charge in [0.25, 0.3) is 5.91 Å². The van der Waals surface area contributed by atoms with Crippen LogP contribution in [-0.2, 0) is 12.8 Å². The summed E-state index contributed by atoms with van der Waals surface area (Å²) in [6.07, 6.45) is 1.40. The first-order valence-electron chi connectivity index (χ1n) is 10.0. The van der Waals surface area contributed by atoms with Crippen LogP contribution < -0.4 is 9.47 Å². The van der Waals surface area contributed by atoms with Crippen molar-refractivity contribution in [3.63, 3.8) is 0 Å². The number of nitrogens with zero attached hydrogens (tertiary/aromatic N) is 3. The lowest BCUT2D eigenvalue weighted by molar-refractivity contribution is 0.0759. The molecular weight excluding hydrogens is 378 g/mol. The summed E-state index contributed by atoms with van der Waals surface area (Å²) in [5.41, 5.74) is 4.68. The van der Waals surface area contributed by atoms with Gasteiger partial charge < -0.3 is 14.4 Å². The van der Waals surface area contributed by atoms with Gasteiger partial charge in [0.15, 0.2) is 0 Å². The maximum Gasteiger partial charge on any atom is 0.257 e. The monoisotopic (exact) mass is 403 g/mol. The Bertz CT molecular complexity index is 1060. The van der Waals surface area contributed by atoms with Crippen molar-refractivity contribution in [2.75, 3.05) is 27.3 Å². The number of fused-ring (bicyclic) bond motifs is 1. The number of benzene rings is 2. The van der Waals surface area contributed by atoms with Crippen LogP contribution in [-0.4, -0.2) is 48.1 Å². The highest BCUT2D eigenvalue weighted by molar-refractivity contribution is 5.97. The van der Waals surface area contributed by atoms with Crippen molar-refractivity contribution in [3.05, 3.63) is 71.2 Å². The summed E-state index contributed by atoms with van der Waals surface area (Å²) in [7, 11) is 3.24. The molecule has 0 unspecified atom stereocenters. The van der Waals surface area contributed by atoms with E-state index in [0.717, 1.165) is 34.1 Å². The number of hydrogen-bond acceptors (Lipinski definition) is 5. The third-order valence-electron chi connectivity index (χ3n) is 5.44. The van der Waals surface area contributed by atoms with Gasteiger partial charge in [-0.15, -0.1) is 0 Å². The summed E-state index contributed by atoms with van der Waals surface area (Å²) >= 11 is 0. The lowest BCUT2D eigenvalue weighted by Crippen LogP contribution is -2.33. The summed E-state index contributed by atoms with van der Waals surface area (Å²) in [4.78, 5) is 24.5. The number of methoxy groups -OCH3 is 2. The molecule has 0 saturated heterocycles. The molecule has 1 aliphatic rings. The molecule has 1 aliphatic heterocycles. The van der Waals surface area contributed by atoms with Crippen LogP contribution in [0.25, 0.3) is 11.3 Å². The van der Waals surface area contributed by atoms with Crippen molar-refractivity contribution in [1.29, 1.82) is 0 Å². The minimum absolute atomic E-state index is 0.0177. The Morgan fingerprint density at radius 1 is 0.933 bits per heavy atom. The van der Waals surface area contributed by atoms with E-state index in [1.807, 2.05) is 60.4 Å². The second kappa shape index (κ2) is 8.53. The minimum Gasteiger partial charge on any atom is -0.497 e. The van der Waals surface area contributed by atoms with E-state index < -0.39 is 0 Å². The van der Waals surface area contributed by atoms with Gasteiger partial charge in [0, 0.05) is 36.3 Å². The SMILES string of the molecule is COc1ccc(-c2nc(C)nc3c2CCN(C(=O)c2ccccc2OC)CC3)cc1. The molecule has 2 aromatic carbocycles. The Kier molecular flexibility index (Phi) is 5.65. The zero-order valence-corrected chi connectivity index (χ0v) is 17.5. The topological polar surface area (TPSA) is 64.6 Å². The van der Waals surface area contributed by atoms with E-state index >= 15 is 0 Å². The summed E-state index contributed by atoms with van der Waals surface area (Å²) in [5, 5.41) is 0. The quantitative estimate of drug-likeness (QED) is 0.664. The lowest BCUT2D eigenvalue weighted by atomic mass is 10.0. The lowest BCUT2D eigenvalue weighted by Gasteiger charge is -2.21. The standard InChI is InChI=1S/C24H25N3O3/c1-16-25-21-13-15-27(24(28)20-6-4-5-7-22(20)30-3)14-12-19(21)23(26-16)17-8-10-18(29-2)11-9-17/h4-11H,12-15H2,1-3H3. The molecule has 0 fully saturated rings. The number of para-hydroxylation sites is 1. The number of carbonyl (C=O) groups is 1. The summed E-state index contributed by atoms with van der Waals surface area (Å²) < 4.78 is 10.7. The van der Waals surface area contributed by atoms with Crippen LogP contribution in [0.5, 0.6) is 11.5 Å². The maximum atomic E-state index is 13.2. The van der Waals surface area contributed by atoms with Crippen LogP contribution in [0.3, 0.4) is 0 Å². The predicted molar refractivity (Wildman–Crippen MR) is 115 cm³/mol. The molecule has 0 saturated carbocycles. The minimum atomic E-state index is -0.0177. The zero-order chi connectivity index (χ0) is 21.1. The first-order valence-corrected chi connectivity index (χ1v) is 10.0. The third kappa shape index (κ3) is 3.85. The number of aryl methyl sites for hydroxylation is 1. The average Bonchev–Trinajstić information content (AvgIpc) is 3.00. The molecule has 0 spiro atoms. The smallest absolute Gasteiger partial charge is 0.257 e. The largest absolute Gasteiger partial charge is 0.497 e. The highest BCUT2D eigenvalue weighted by atomic mass is 16.5. The van der Waals surface area contributed by atoms with Crippen LogP contribution >= 0.6 is 0 Å². The Morgan fingerprint density at radius 3 is 2.40 bits per heavy atom. The van der Waals surface area contributed by atoms with E-state index in [4.69, 9.17) is 19.4 Å². The molecular formula is C24H25N3O3. The number of ether oxygens (including phenoxy) is 2. The van der Waals surface area contributed by atoms with Gasteiger partial charge in [-0.2, -0.15) is 0 Å². The fraction of sp³-hybridized carbons (Fsp3) is 0.292. The molecule has 30 heavy (non-hydrogen) atoms. The van der Waals surface area contributed by atoms with Crippen LogP contribution in [0.1, 0.15) is 27.4 Å². The van der Waals surface area contributed by atoms with Gasteiger partial charge in [-0.25, -0.2) is 9.97 Å². The van der Waals surface area contributed by atoms with E-state index in [0.29, 0.717) is 37.2 Å². The summed E-state index contributed by atoms with van der Waals surface area (Å²) in [5.74, 6) is 2.13. The first-order chi connectivity index (χ1) is 14.6. The first kappa shape index (κ1) is 19.9. The van der Waals surface area contributed by atoms with Gasteiger partial charge in [-0.05, 0) is 49.7 Å². The molecule has 4 rings (SSSR count). The second-order valence-electron chi connectivity index (χ2n) is 7.27. The van der Waals surface area contributed by atoms with Gasteiger partial charge in [0.05, 0.1) is 25.5 Å². The molecule has 1 aromatic heterocycles. The number of amides is 1. The van der Waals surface area contributed by atoms with E-state index in [1.165, 1.54) is 0 Å². The average molecular weight is 403 g/mol. The summed E-state index contributed by atoms with van der Waals surface area (Å²) in [6, 6.07) is 15.3. The highest BCUT2D eigenvalue weighted by Crippen LogP contribution is 2.29. The third-order valence-corrected chi connectivity index (χ3v) is 5.44. The Hall–Kier alpha value is -3.41. The Balaban J connectivity index is 1.64. The molecule has 0 aliphatic carbocycles. The number of rotatable bonds is 4. The van der Waals surface area contributed by atoms with Crippen molar-refractivity contribution in [3.8, 4) is 22.8 Å².